The highest BCUT2D eigenvalue weighted by molar-refractivity contribution is 7.89. The normalized spacial score (nSPS) is 30.8. The molecule has 112 valence electrons. The number of rotatable bonds is 4. The van der Waals surface area contributed by atoms with Crippen LogP contribution in [0.4, 0.5) is 0 Å². The van der Waals surface area contributed by atoms with Crippen molar-refractivity contribution in [1.29, 1.82) is 0 Å². The Morgan fingerprint density at radius 1 is 1.35 bits per heavy atom. The van der Waals surface area contributed by atoms with Crippen molar-refractivity contribution >= 4 is 10.0 Å². The molecule has 3 atom stereocenters. The predicted octanol–water partition coefficient (Wildman–Crippen LogP) is 0.217. The van der Waals surface area contributed by atoms with Gasteiger partial charge in [0.2, 0.25) is 21.8 Å². The van der Waals surface area contributed by atoms with Crippen molar-refractivity contribution in [2.24, 2.45) is 11.8 Å². The molecule has 0 spiro atoms. The molecule has 2 aliphatic rings. The minimum absolute atomic E-state index is 0.00495. The maximum absolute atomic E-state index is 11.9. The van der Waals surface area contributed by atoms with Crippen LogP contribution in [0.15, 0.2) is 4.42 Å². The Bertz CT molecular complexity index is 585. The van der Waals surface area contributed by atoms with E-state index in [9.17, 15) is 8.42 Å². The van der Waals surface area contributed by atoms with Crippen molar-refractivity contribution in [3.63, 3.8) is 0 Å². The average molecular weight is 301 g/mol. The Hall–Kier alpha value is -0.990. The third kappa shape index (κ3) is 2.47. The van der Waals surface area contributed by atoms with Crippen molar-refractivity contribution in [2.45, 2.75) is 26.4 Å². The maximum atomic E-state index is 11.9. The minimum Gasteiger partial charge on any atom is -0.426 e. The summed E-state index contributed by atoms with van der Waals surface area (Å²) in [7, 11) is -3.13. The summed E-state index contributed by atoms with van der Waals surface area (Å²) >= 11 is 0. The van der Waals surface area contributed by atoms with E-state index in [4.69, 9.17) is 9.15 Å². The van der Waals surface area contributed by atoms with Crippen LogP contribution in [-0.2, 0) is 21.2 Å². The molecule has 2 aliphatic heterocycles. The number of aromatic nitrogens is 2. The lowest BCUT2D eigenvalue weighted by Gasteiger charge is -2.18. The van der Waals surface area contributed by atoms with Gasteiger partial charge < -0.3 is 9.15 Å². The second-order valence-electron chi connectivity index (χ2n) is 5.43. The van der Waals surface area contributed by atoms with Gasteiger partial charge >= 0.3 is 0 Å². The molecule has 3 heterocycles. The summed E-state index contributed by atoms with van der Waals surface area (Å²) < 4.78 is 36.6. The SMILES string of the molecule is CCS(=O)(=O)N1C[C@H]2[C@H](Cc3nnc(C)o3)CO[C@H]2C1. The Kier molecular flexibility index (Phi) is 3.55. The molecule has 0 N–H and O–H groups in total. The van der Waals surface area contributed by atoms with Crippen LogP contribution in [0.2, 0.25) is 0 Å². The molecule has 0 saturated carbocycles. The van der Waals surface area contributed by atoms with Crippen molar-refractivity contribution in [2.75, 3.05) is 25.4 Å². The fraction of sp³-hybridized carbons (Fsp3) is 0.833. The van der Waals surface area contributed by atoms with Gasteiger partial charge in [0.15, 0.2) is 0 Å². The van der Waals surface area contributed by atoms with Crippen LogP contribution in [-0.4, -0.2) is 54.5 Å². The summed E-state index contributed by atoms with van der Waals surface area (Å²) in [5.74, 6) is 1.77. The fourth-order valence-corrected chi connectivity index (χ4v) is 4.17. The molecule has 8 heteroatoms. The highest BCUT2D eigenvalue weighted by Gasteiger charge is 2.47. The van der Waals surface area contributed by atoms with Gasteiger partial charge in [-0.25, -0.2) is 8.42 Å². The first-order valence-corrected chi connectivity index (χ1v) is 8.49. The molecule has 3 rings (SSSR count). The number of sulfonamides is 1. The van der Waals surface area contributed by atoms with Gasteiger partial charge in [0.1, 0.15) is 0 Å². The van der Waals surface area contributed by atoms with Crippen LogP contribution in [0.3, 0.4) is 0 Å². The third-order valence-corrected chi connectivity index (χ3v) is 5.98. The minimum atomic E-state index is -3.13. The summed E-state index contributed by atoms with van der Waals surface area (Å²) in [4.78, 5) is 0. The van der Waals surface area contributed by atoms with Crippen LogP contribution in [0, 0.1) is 18.8 Å². The zero-order valence-corrected chi connectivity index (χ0v) is 12.5. The van der Waals surface area contributed by atoms with Crippen LogP contribution in [0.25, 0.3) is 0 Å². The number of hydrogen-bond donors (Lipinski definition) is 0. The quantitative estimate of drug-likeness (QED) is 0.790. The standard InChI is InChI=1S/C12H19N3O4S/c1-3-20(16,17)15-5-10-9(7-18-11(10)6-15)4-12-14-13-8(2)19-12/h9-11H,3-7H2,1-2H3/t9-,10+,11+/m1/s1. The van der Waals surface area contributed by atoms with Gasteiger partial charge in [-0.3, -0.25) is 0 Å². The van der Waals surface area contributed by atoms with Crippen molar-refractivity contribution in [3.05, 3.63) is 11.8 Å². The van der Waals surface area contributed by atoms with E-state index in [1.54, 1.807) is 18.2 Å². The number of fused-ring (bicyclic) bond motifs is 1. The predicted molar refractivity (Wildman–Crippen MR) is 70.5 cm³/mol. The van der Waals surface area contributed by atoms with E-state index in [2.05, 4.69) is 10.2 Å². The second-order valence-corrected chi connectivity index (χ2v) is 7.69. The van der Waals surface area contributed by atoms with Gasteiger partial charge in [-0.15, -0.1) is 10.2 Å². The first kappa shape index (κ1) is 14.0. The Labute approximate surface area is 118 Å². The van der Waals surface area contributed by atoms with E-state index < -0.39 is 10.0 Å². The first-order chi connectivity index (χ1) is 9.49. The molecular weight excluding hydrogens is 282 g/mol. The maximum Gasteiger partial charge on any atom is 0.216 e. The summed E-state index contributed by atoms with van der Waals surface area (Å²) in [5.41, 5.74) is 0. The van der Waals surface area contributed by atoms with Crippen molar-refractivity contribution in [1.82, 2.24) is 14.5 Å². The van der Waals surface area contributed by atoms with Crippen LogP contribution in [0.5, 0.6) is 0 Å². The second kappa shape index (κ2) is 5.09. The van der Waals surface area contributed by atoms with Gasteiger partial charge in [0, 0.05) is 32.4 Å². The fourth-order valence-electron chi connectivity index (χ4n) is 3.03. The van der Waals surface area contributed by atoms with Gasteiger partial charge in [0.25, 0.3) is 0 Å². The molecular formula is C12H19N3O4S. The molecule has 20 heavy (non-hydrogen) atoms. The molecule has 0 aliphatic carbocycles. The molecule has 2 saturated heterocycles. The molecule has 7 nitrogen and oxygen atoms in total. The monoisotopic (exact) mass is 301 g/mol. The van der Waals surface area contributed by atoms with Gasteiger partial charge in [-0.05, 0) is 12.8 Å². The Morgan fingerprint density at radius 2 is 2.15 bits per heavy atom. The molecule has 0 aromatic carbocycles. The largest absolute Gasteiger partial charge is 0.426 e. The zero-order chi connectivity index (χ0) is 14.3. The number of hydrogen-bond acceptors (Lipinski definition) is 6. The van der Waals surface area contributed by atoms with Crippen LogP contribution in [0.1, 0.15) is 18.7 Å². The van der Waals surface area contributed by atoms with E-state index in [1.807, 2.05) is 0 Å². The smallest absolute Gasteiger partial charge is 0.216 e. The van der Waals surface area contributed by atoms with Gasteiger partial charge in [-0.1, -0.05) is 0 Å². The lowest BCUT2D eigenvalue weighted by atomic mass is 9.90. The third-order valence-electron chi connectivity index (χ3n) is 4.17. The first-order valence-electron chi connectivity index (χ1n) is 6.88. The van der Waals surface area contributed by atoms with E-state index in [0.717, 1.165) is 0 Å². The highest BCUT2D eigenvalue weighted by Crippen LogP contribution is 2.36. The summed E-state index contributed by atoms with van der Waals surface area (Å²) in [6, 6.07) is 0. The number of nitrogens with zero attached hydrogens (tertiary/aromatic N) is 3. The highest BCUT2D eigenvalue weighted by atomic mass is 32.2. The van der Waals surface area contributed by atoms with E-state index in [-0.39, 0.29) is 23.7 Å². The lowest BCUT2D eigenvalue weighted by Crippen LogP contribution is -2.32. The molecule has 0 unspecified atom stereocenters. The molecule has 2 fully saturated rings. The summed E-state index contributed by atoms with van der Waals surface area (Å²) in [5, 5.41) is 7.82. The number of ether oxygens (including phenoxy) is 1. The van der Waals surface area contributed by atoms with Crippen molar-refractivity contribution in [3.8, 4) is 0 Å². The number of aryl methyl sites for hydroxylation is 1. The van der Waals surface area contributed by atoms with Gasteiger partial charge in [-0.2, -0.15) is 4.31 Å². The Morgan fingerprint density at radius 3 is 2.80 bits per heavy atom. The molecule has 1 aromatic rings. The van der Waals surface area contributed by atoms with E-state index in [1.165, 1.54) is 0 Å². The zero-order valence-electron chi connectivity index (χ0n) is 11.7. The molecule has 1 aromatic heterocycles. The van der Waals surface area contributed by atoms with Gasteiger partial charge in [0.05, 0.1) is 18.5 Å². The van der Waals surface area contributed by atoms with Crippen LogP contribution < -0.4 is 0 Å². The van der Waals surface area contributed by atoms with Crippen molar-refractivity contribution < 1.29 is 17.6 Å². The summed E-state index contributed by atoms with van der Waals surface area (Å²) in [6.45, 7) is 5.08. The summed E-state index contributed by atoms with van der Waals surface area (Å²) in [6.07, 6.45) is 0.660. The van der Waals surface area contributed by atoms with E-state index >= 15 is 0 Å². The average Bonchev–Trinajstić information content (AvgIpc) is 3.07. The Balaban J connectivity index is 1.68. The van der Waals surface area contributed by atoms with E-state index in [0.29, 0.717) is 37.9 Å². The lowest BCUT2D eigenvalue weighted by molar-refractivity contribution is 0.103. The topological polar surface area (TPSA) is 85.5 Å². The van der Waals surface area contributed by atoms with Crippen LogP contribution >= 0.6 is 0 Å². The molecule has 0 radical (unpaired) electrons. The molecule has 0 bridgehead atoms. The molecule has 0 amide bonds.